The highest BCUT2D eigenvalue weighted by atomic mass is 32.2. The number of nitrogens with two attached hydrogens (primary N) is 1. The number of benzene rings is 1. The summed E-state index contributed by atoms with van der Waals surface area (Å²) >= 11 is 0. The lowest BCUT2D eigenvalue weighted by molar-refractivity contribution is 0.597. The molecular formula is C14H19N3O2S. The van der Waals surface area contributed by atoms with E-state index in [0.717, 1.165) is 22.2 Å². The minimum absolute atomic E-state index is 0.124. The highest BCUT2D eigenvalue weighted by molar-refractivity contribution is 7.91. The van der Waals surface area contributed by atoms with Crippen molar-refractivity contribution in [3.8, 4) is 0 Å². The number of nitrogens with one attached hydrogen (secondary N) is 1. The van der Waals surface area contributed by atoms with Gasteiger partial charge in [0.15, 0.2) is 9.84 Å². The van der Waals surface area contributed by atoms with Gasteiger partial charge in [-0.1, -0.05) is 6.92 Å². The summed E-state index contributed by atoms with van der Waals surface area (Å²) in [5, 5.41) is 5.01. The Bertz CT molecular complexity index is 727. The molecule has 0 saturated carbocycles. The summed E-state index contributed by atoms with van der Waals surface area (Å²) in [5.41, 5.74) is 8.37. The number of nitrogen functional groups attached to an aromatic ring is 1. The van der Waals surface area contributed by atoms with Crippen LogP contribution in [-0.2, 0) is 9.84 Å². The van der Waals surface area contributed by atoms with Crippen LogP contribution in [0.1, 0.15) is 12.6 Å². The van der Waals surface area contributed by atoms with Gasteiger partial charge in [-0.25, -0.2) is 8.42 Å². The molecule has 6 heteroatoms. The molecule has 20 heavy (non-hydrogen) atoms. The van der Waals surface area contributed by atoms with Gasteiger partial charge in [0.2, 0.25) is 0 Å². The van der Waals surface area contributed by atoms with E-state index in [1.165, 1.54) is 0 Å². The summed E-state index contributed by atoms with van der Waals surface area (Å²) in [6.07, 6.45) is 1.74. The molecule has 1 aromatic heterocycles. The molecule has 1 aromatic carbocycles. The molecule has 5 nitrogen and oxygen atoms in total. The van der Waals surface area contributed by atoms with Gasteiger partial charge in [0.1, 0.15) is 0 Å². The number of hydrogen-bond acceptors (Lipinski definition) is 5. The molecule has 0 fully saturated rings. The molecule has 0 aliphatic carbocycles. The SMILES string of the molecule is CCS(=O)(=O)CCNc1ccc(N)c2cnc(C)cc12. The Morgan fingerprint density at radius 3 is 2.75 bits per heavy atom. The molecule has 0 spiro atoms. The van der Waals surface area contributed by atoms with Crippen molar-refractivity contribution < 1.29 is 8.42 Å². The lowest BCUT2D eigenvalue weighted by atomic mass is 10.1. The van der Waals surface area contributed by atoms with E-state index in [0.29, 0.717) is 12.2 Å². The van der Waals surface area contributed by atoms with Gasteiger partial charge in [-0.05, 0) is 25.1 Å². The molecule has 0 bridgehead atoms. The van der Waals surface area contributed by atoms with E-state index in [1.54, 1.807) is 19.2 Å². The van der Waals surface area contributed by atoms with Crippen LogP contribution in [-0.4, -0.2) is 31.5 Å². The first-order chi connectivity index (χ1) is 9.43. The summed E-state index contributed by atoms with van der Waals surface area (Å²) in [6.45, 7) is 3.95. The maximum Gasteiger partial charge on any atom is 0.151 e. The molecule has 0 saturated heterocycles. The van der Waals surface area contributed by atoms with Gasteiger partial charge in [-0.15, -0.1) is 0 Å². The summed E-state index contributed by atoms with van der Waals surface area (Å²) < 4.78 is 23.0. The number of aryl methyl sites for hydroxylation is 1. The number of sulfone groups is 1. The fraction of sp³-hybridized carbons (Fsp3) is 0.357. The number of nitrogens with zero attached hydrogens (tertiary/aromatic N) is 1. The zero-order chi connectivity index (χ0) is 14.8. The van der Waals surface area contributed by atoms with Crippen molar-refractivity contribution in [2.75, 3.05) is 29.1 Å². The third kappa shape index (κ3) is 3.19. The highest BCUT2D eigenvalue weighted by Gasteiger charge is 2.08. The van der Waals surface area contributed by atoms with E-state index in [4.69, 9.17) is 5.73 Å². The van der Waals surface area contributed by atoms with Crippen LogP contribution in [0.4, 0.5) is 11.4 Å². The number of anilines is 2. The third-order valence-electron chi connectivity index (χ3n) is 3.24. The maximum atomic E-state index is 11.5. The standard InChI is InChI=1S/C14H19N3O2S/c1-3-20(18,19)7-6-16-14-5-4-13(15)12-9-17-10(2)8-11(12)14/h4-5,8-9,16H,3,6-7,15H2,1-2H3. The number of pyridine rings is 1. The second kappa shape index (κ2) is 5.66. The van der Waals surface area contributed by atoms with Crippen LogP contribution in [0.15, 0.2) is 24.4 Å². The van der Waals surface area contributed by atoms with Gasteiger partial charge >= 0.3 is 0 Å². The minimum atomic E-state index is -2.96. The second-order valence-corrected chi connectivity index (χ2v) is 7.21. The third-order valence-corrected chi connectivity index (χ3v) is 4.95. The van der Waals surface area contributed by atoms with E-state index in [9.17, 15) is 8.42 Å². The highest BCUT2D eigenvalue weighted by Crippen LogP contribution is 2.28. The number of fused-ring (bicyclic) bond motifs is 1. The smallest absolute Gasteiger partial charge is 0.151 e. The van der Waals surface area contributed by atoms with Crippen molar-refractivity contribution in [2.45, 2.75) is 13.8 Å². The summed E-state index contributed by atoms with van der Waals surface area (Å²) in [4.78, 5) is 4.24. The van der Waals surface area contributed by atoms with Crippen LogP contribution in [0, 0.1) is 6.92 Å². The van der Waals surface area contributed by atoms with Crippen LogP contribution >= 0.6 is 0 Å². The summed E-state index contributed by atoms with van der Waals surface area (Å²) in [5.74, 6) is 0.291. The Hall–Kier alpha value is -1.82. The monoisotopic (exact) mass is 293 g/mol. The predicted molar refractivity (Wildman–Crippen MR) is 83.7 cm³/mol. The average Bonchev–Trinajstić information content (AvgIpc) is 2.41. The minimum Gasteiger partial charge on any atom is -0.398 e. The van der Waals surface area contributed by atoms with Gasteiger partial charge in [0.25, 0.3) is 0 Å². The van der Waals surface area contributed by atoms with E-state index in [2.05, 4.69) is 10.3 Å². The van der Waals surface area contributed by atoms with Crippen molar-refractivity contribution in [1.29, 1.82) is 0 Å². The largest absolute Gasteiger partial charge is 0.398 e. The molecule has 0 unspecified atom stereocenters. The van der Waals surface area contributed by atoms with Gasteiger partial charge in [0, 0.05) is 46.3 Å². The number of rotatable bonds is 5. The Morgan fingerprint density at radius 1 is 1.30 bits per heavy atom. The second-order valence-electron chi connectivity index (χ2n) is 4.74. The zero-order valence-electron chi connectivity index (χ0n) is 11.7. The predicted octanol–water partition coefficient (Wildman–Crippen LogP) is 1.97. The van der Waals surface area contributed by atoms with Gasteiger partial charge in [-0.2, -0.15) is 0 Å². The Morgan fingerprint density at radius 2 is 2.05 bits per heavy atom. The van der Waals surface area contributed by atoms with Crippen LogP contribution in [0.25, 0.3) is 10.8 Å². The molecule has 0 aliphatic heterocycles. The molecule has 2 aromatic rings. The first-order valence-electron chi connectivity index (χ1n) is 6.52. The molecule has 0 amide bonds. The Kier molecular flexibility index (Phi) is 4.13. The van der Waals surface area contributed by atoms with E-state index in [-0.39, 0.29) is 11.5 Å². The molecule has 108 valence electrons. The average molecular weight is 293 g/mol. The molecule has 2 rings (SSSR count). The van der Waals surface area contributed by atoms with E-state index in [1.807, 2.05) is 19.1 Å². The van der Waals surface area contributed by atoms with Crippen molar-refractivity contribution >= 4 is 32.0 Å². The van der Waals surface area contributed by atoms with Crippen molar-refractivity contribution in [1.82, 2.24) is 4.98 Å². The van der Waals surface area contributed by atoms with Crippen molar-refractivity contribution in [3.63, 3.8) is 0 Å². The molecule has 0 radical (unpaired) electrons. The fourth-order valence-corrected chi connectivity index (χ4v) is 2.71. The first-order valence-corrected chi connectivity index (χ1v) is 8.34. The zero-order valence-corrected chi connectivity index (χ0v) is 12.5. The Labute approximate surface area is 119 Å². The van der Waals surface area contributed by atoms with Crippen molar-refractivity contribution in [3.05, 3.63) is 30.1 Å². The first kappa shape index (κ1) is 14.6. The van der Waals surface area contributed by atoms with Gasteiger partial charge in [0.05, 0.1) is 5.75 Å². The number of aromatic nitrogens is 1. The molecule has 3 N–H and O–H groups in total. The quantitative estimate of drug-likeness (QED) is 0.823. The molecule has 0 atom stereocenters. The number of hydrogen-bond donors (Lipinski definition) is 2. The van der Waals surface area contributed by atoms with E-state index < -0.39 is 9.84 Å². The van der Waals surface area contributed by atoms with Gasteiger partial charge in [-0.3, -0.25) is 4.98 Å². The van der Waals surface area contributed by atoms with Gasteiger partial charge < -0.3 is 11.1 Å². The Balaban J connectivity index is 2.27. The molecule has 0 aliphatic rings. The van der Waals surface area contributed by atoms with Crippen LogP contribution < -0.4 is 11.1 Å². The van der Waals surface area contributed by atoms with Crippen LogP contribution in [0.5, 0.6) is 0 Å². The van der Waals surface area contributed by atoms with Crippen LogP contribution in [0.2, 0.25) is 0 Å². The lowest BCUT2D eigenvalue weighted by Crippen LogP contribution is -2.17. The summed E-state index contributed by atoms with van der Waals surface area (Å²) in [6, 6.07) is 5.62. The topological polar surface area (TPSA) is 85.1 Å². The maximum absolute atomic E-state index is 11.5. The normalized spacial score (nSPS) is 11.7. The van der Waals surface area contributed by atoms with E-state index >= 15 is 0 Å². The molecular weight excluding hydrogens is 274 g/mol. The summed E-state index contributed by atoms with van der Waals surface area (Å²) in [7, 11) is -2.96. The van der Waals surface area contributed by atoms with Crippen molar-refractivity contribution in [2.24, 2.45) is 0 Å². The fourth-order valence-electron chi connectivity index (χ4n) is 2.01. The van der Waals surface area contributed by atoms with Crippen LogP contribution in [0.3, 0.4) is 0 Å². The molecule has 1 heterocycles. The lowest BCUT2D eigenvalue weighted by Gasteiger charge is -2.11.